The fraction of sp³-hybridized carbons (Fsp3) is 0.333. The third-order valence-corrected chi connectivity index (χ3v) is 5.01. The number of aromatic nitrogens is 3. The first kappa shape index (κ1) is 18.9. The third kappa shape index (κ3) is 4.37. The number of rotatable bonds is 6. The highest BCUT2D eigenvalue weighted by Gasteiger charge is 2.23. The number of pyridine rings is 1. The molecule has 3 aromatic rings. The van der Waals surface area contributed by atoms with Gasteiger partial charge in [0.1, 0.15) is 5.75 Å². The minimum atomic E-state index is 0.105. The molecule has 4 rings (SSSR count). The zero-order chi connectivity index (χ0) is 20.1. The van der Waals surface area contributed by atoms with Gasteiger partial charge in [0.15, 0.2) is 0 Å². The second kappa shape index (κ2) is 8.72. The molecule has 0 N–H and O–H groups in total. The van der Waals surface area contributed by atoms with Gasteiger partial charge < -0.3 is 19.0 Å². The van der Waals surface area contributed by atoms with Gasteiger partial charge in [-0.2, -0.15) is 0 Å². The van der Waals surface area contributed by atoms with Crippen molar-refractivity contribution in [2.75, 3.05) is 38.2 Å². The van der Waals surface area contributed by atoms with Gasteiger partial charge in [-0.25, -0.2) is 0 Å². The number of anilines is 1. The smallest absolute Gasteiger partial charge is 0.247 e. The van der Waals surface area contributed by atoms with E-state index in [1.807, 2.05) is 41.3 Å². The predicted molar refractivity (Wildman–Crippen MR) is 108 cm³/mol. The molecule has 150 valence electrons. The van der Waals surface area contributed by atoms with E-state index in [9.17, 15) is 4.79 Å². The van der Waals surface area contributed by atoms with Crippen LogP contribution in [-0.2, 0) is 11.2 Å². The number of methoxy groups -OCH3 is 1. The van der Waals surface area contributed by atoms with E-state index in [0.717, 1.165) is 30.1 Å². The van der Waals surface area contributed by atoms with E-state index in [0.29, 0.717) is 37.7 Å². The molecule has 2 aromatic heterocycles. The summed E-state index contributed by atoms with van der Waals surface area (Å²) in [5.41, 5.74) is 1.88. The van der Waals surface area contributed by atoms with Crippen molar-refractivity contribution in [3.63, 3.8) is 0 Å². The second-order valence-corrected chi connectivity index (χ2v) is 6.78. The second-order valence-electron chi connectivity index (χ2n) is 6.78. The van der Waals surface area contributed by atoms with Crippen LogP contribution in [0, 0.1) is 0 Å². The van der Waals surface area contributed by atoms with Crippen LogP contribution >= 0.6 is 0 Å². The fourth-order valence-electron chi connectivity index (χ4n) is 3.43. The summed E-state index contributed by atoms with van der Waals surface area (Å²) in [7, 11) is 1.68. The number of carbonyl (C=O) groups is 1. The maximum Gasteiger partial charge on any atom is 0.247 e. The molecule has 0 aliphatic carbocycles. The molecule has 29 heavy (non-hydrogen) atoms. The van der Waals surface area contributed by atoms with Crippen molar-refractivity contribution in [2.24, 2.45) is 0 Å². The Labute approximate surface area is 169 Å². The minimum absolute atomic E-state index is 0.105. The summed E-state index contributed by atoms with van der Waals surface area (Å²) in [6.07, 6.45) is 4.14. The van der Waals surface area contributed by atoms with Crippen LogP contribution in [0.5, 0.6) is 5.75 Å². The van der Waals surface area contributed by atoms with Crippen LogP contribution in [0.3, 0.4) is 0 Å². The normalized spacial score (nSPS) is 14.1. The molecule has 1 fully saturated rings. The van der Waals surface area contributed by atoms with Crippen molar-refractivity contribution in [1.82, 2.24) is 20.1 Å². The average molecular weight is 393 g/mol. The average Bonchev–Trinajstić information content (AvgIpc) is 3.27. The first-order valence-electron chi connectivity index (χ1n) is 9.63. The summed E-state index contributed by atoms with van der Waals surface area (Å²) < 4.78 is 11.1. The molecule has 0 bridgehead atoms. The van der Waals surface area contributed by atoms with Crippen molar-refractivity contribution >= 4 is 11.6 Å². The minimum Gasteiger partial charge on any atom is -0.495 e. The Bertz CT molecular complexity index is 952. The van der Waals surface area contributed by atoms with Gasteiger partial charge in [0.05, 0.1) is 12.8 Å². The van der Waals surface area contributed by atoms with Crippen molar-refractivity contribution in [3.8, 4) is 17.2 Å². The zero-order valence-corrected chi connectivity index (χ0v) is 16.3. The molecular formula is C21H23N5O3. The van der Waals surface area contributed by atoms with Crippen molar-refractivity contribution in [1.29, 1.82) is 0 Å². The molecule has 1 aliphatic heterocycles. The molecule has 0 radical (unpaired) electrons. The van der Waals surface area contributed by atoms with E-state index in [4.69, 9.17) is 9.15 Å². The topological polar surface area (TPSA) is 84.6 Å². The van der Waals surface area contributed by atoms with Gasteiger partial charge in [-0.15, -0.1) is 10.2 Å². The molecule has 0 spiro atoms. The maximum atomic E-state index is 12.6. The number of hydrogen-bond donors (Lipinski definition) is 0. The number of amides is 1. The summed E-state index contributed by atoms with van der Waals surface area (Å²) in [6, 6.07) is 11.6. The Morgan fingerprint density at radius 1 is 1.07 bits per heavy atom. The summed E-state index contributed by atoms with van der Waals surface area (Å²) in [5, 5.41) is 8.10. The lowest BCUT2D eigenvalue weighted by Crippen LogP contribution is -2.48. The van der Waals surface area contributed by atoms with E-state index < -0.39 is 0 Å². The molecule has 0 saturated carbocycles. The largest absolute Gasteiger partial charge is 0.495 e. The van der Waals surface area contributed by atoms with E-state index in [1.54, 1.807) is 19.5 Å². The Morgan fingerprint density at radius 3 is 2.59 bits per heavy atom. The molecule has 0 unspecified atom stereocenters. The van der Waals surface area contributed by atoms with Crippen molar-refractivity contribution < 1.29 is 13.9 Å². The highest BCUT2D eigenvalue weighted by atomic mass is 16.5. The summed E-state index contributed by atoms with van der Waals surface area (Å²) in [5.74, 6) is 1.88. The highest BCUT2D eigenvalue weighted by molar-refractivity contribution is 5.76. The number of ether oxygens (including phenoxy) is 1. The van der Waals surface area contributed by atoms with E-state index in [1.165, 1.54) is 0 Å². The van der Waals surface area contributed by atoms with Crippen LogP contribution in [0.2, 0.25) is 0 Å². The predicted octanol–water partition coefficient (Wildman–Crippen LogP) is 2.42. The van der Waals surface area contributed by atoms with Gasteiger partial charge >= 0.3 is 0 Å². The first-order chi connectivity index (χ1) is 14.2. The molecule has 8 nitrogen and oxygen atoms in total. The quantitative estimate of drug-likeness (QED) is 0.636. The van der Waals surface area contributed by atoms with Crippen LogP contribution in [-0.4, -0.2) is 59.3 Å². The summed E-state index contributed by atoms with van der Waals surface area (Å²) in [4.78, 5) is 20.7. The Kier molecular flexibility index (Phi) is 5.69. The standard InChI is InChI=1S/C21H23N5O3/c1-28-18-5-3-2-4-17(18)25-12-14-26(15-13-25)20(27)7-6-19-23-24-21(29-19)16-8-10-22-11-9-16/h2-5,8-11H,6-7,12-15H2,1H3. The zero-order valence-electron chi connectivity index (χ0n) is 16.3. The number of piperazine rings is 1. The van der Waals surface area contributed by atoms with E-state index >= 15 is 0 Å². The monoisotopic (exact) mass is 393 g/mol. The number of hydrogen-bond acceptors (Lipinski definition) is 7. The summed E-state index contributed by atoms with van der Waals surface area (Å²) in [6.45, 7) is 2.92. The molecule has 1 amide bonds. The lowest BCUT2D eigenvalue weighted by molar-refractivity contribution is -0.131. The number of benzene rings is 1. The van der Waals surface area contributed by atoms with Crippen LogP contribution < -0.4 is 9.64 Å². The summed E-state index contributed by atoms with van der Waals surface area (Å²) >= 11 is 0. The van der Waals surface area contributed by atoms with Crippen LogP contribution in [0.1, 0.15) is 12.3 Å². The number of nitrogens with zero attached hydrogens (tertiary/aromatic N) is 5. The Morgan fingerprint density at radius 2 is 1.83 bits per heavy atom. The van der Waals surface area contributed by atoms with Gasteiger partial charge in [0, 0.05) is 57.0 Å². The van der Waals surface area contributed by atoms with Crippen LogP contribution in [0.15, 0.2) is 53.2 Å². The highest BCUT2D eigenvalue weighted by Crippen LogP contribution is 2.28. The Hall–Kier alpha value is -3.42. The van der Waals surface area contributed by atoms with Gasteiger partial charge in [-0.3, -0.25) is 9.78 Å². The molecular weight excluding hydrogens is 370 g/mol. The number of para-hydroxylation sites is 2. The first-order valence-corrected chi connectivity index (χ1v) is 9.63. The fourth-order valence-corrected chi connectivity index (χ4v) is 3.43. The van der Waals surface area contributed by atoms with Crippen LogP contribution in [0.25, 0.3) is 11.5 Å². The SMILES string of the molecule is COc1ccccc1N1CCN(C(=O)CCc2nnc(-c3ccncc3)o2)CC1. The van der Waals surface area contributed by atoms with Gasteiger partial charge in [-0.05, 0) is 24.3 Å². The van der Waals surface area contributed by atoms with Gasteiger partial charge in [0.2, 0.25) is 17.7 Å². The van der Waals surface area contributed by atoms with Gasteiger partial charge in [0.25, 0.3) is 0 Å². The van der Waals surface area contributed by atoms with Crippen molar-refractivity contribution in [2.45, 2.75) is 12.8 Å². The lowest BCUT2D eigenvalue weighted by Gasteiger charge is -2.36. The molecule has 8 heteroatoms. The van der Waals surface area contributed by atoms with Crippen molar-refractivity contribution in [3.05, 3.63) is 54.7 Å². The molecule has 1 aromatic carbocycles. The molecule has 3 heterocycles. The number of carbonyl (C=O) groups excluding carboxylic acids is 1. The molecule has 1 aliphatic rings. The molecule has 1 saturated heterocycles. The molecule has 0 atom stereocenters. The van der Waals surface area contributed by atoms with E-state index in [2.05, 4.69) is 20.1 Å². The number of aryl methyl sites for hydroxylation is 1. The van der Waals surface area contributed by atoms with E-state index in [-0.39, 0.29) is 5.91 Å². The Balaban J connectivity index is 1.29. The third-order valence-electron chi connectivity index (χ3n) is 5.01. The maximum absolute atomic E-state index is 12.6. The lowest BCUT2D eigenvalue weighted by atomic mass is 10.2. The van der Waals surface area contributed by atoms with Gasteiger partial charge in [-0.1, -0.05) is 12.1 Å². The van der Waals surface area contributed by atoms with Crippen LogP contribution in [0.4, 0.5) is 5.69 Å².